The number of ether oxygens (including phenoxy) is 1. The molecular weight excluding hydrogens is 436 g/mol. The Kier molecular flexibility index (Phi) is 6.65. The van der Waals surface area contributed by atoms with Gasteiger partial charge in [-0.3, -0.25) is 14.2 Å². The van der Waals surface area contributed by atoms with Crippen molar-refractivity contribution in [1.82, 2.24) is 14.5 Å². The summed E-state index contributed by atoms with van der Waals surface area (Å²) in [6.45, 7) is 0. The number of carbonyl (C=O) groups is 2. The summed E-state index contributed by atoms with van der Waals surface area (Å²) in [7, 11) is 5.04. The first-order chi connectivity index (χ1) is 16.0. The van der Waals surface area contributed by atoms with Crippen molar-refractivity contribution in [3.8, 4) is 11.4 Å². The Morgan fingerprint density at radius 3 is 2.36 bits per heavy atom. The second kappa shape index (κ2) is 9.79. The second-order valence-corrected chi connectivity index (χ2v) is 8.47. The third-order valence-electron chi connectivity index (χ3n) is 5.01. The highest BCUT2D eigenvalue weighted by molar-refractivity contribution is 7.99. The molecule has 0 atom stereocenters. The monoisotopic (exact) mass is 460 g/mol. The summed E-state index contributed by atoms with van der Waals surface area (Å²) in [6, 6.07) is 22.5. The number of anilines is 1. The fourth-order valence-corrected chi connectivity index (χ4v) is 4.19. The topological polar surface area (TPSA) is 76.5 Å². The van der Waals surface area contributed by atoms with Crippen LogP contribution in [0, 0.1) is 0 Å². The zero-order chi connectivity index (χ0) is 23.4. The number of aromatic nitrogens is 2. The predicted octanol–water partition coefficient (Wildman–Crippen LogP) is 4.47. The molecule has 4 aromatic rings. The fourth-order valence-electron chi connectivity index (χ4n) is 3.36. The molecule has 7 nitrogen and oxygen atoms in total. The molecule has 33 heavy (non-hydrogen) atoms. The van der Waals surface area contributed by atoms with Gasteiger partial charge < -0.3 is 15.0 Å². The van der Waals surface area contributed by atoms with Crippen molar-refractivity contribution >= 4 is 40.3 Å². The Balaban J connectivity index is 1.50. The third-order valence-corrected chi connectivity index (χ3v) is 5.95. The molecule has 0 fully saturated rings. The van der Waals surface area contributed by atoms with Crippen molar-refractivity contribution < 1.29 is 14.3 Å². The van der Waals surface area contributed by atoms with E-state index >= 15 is 0 Å². The van der Waals surface area contributed by atoms with Crippen LogP contribution in [-0.2, 0) is 4.79 Å². The van der Waals surface area contributed by atoms with E-state index in [4.69, 9.17) is 9.72 Å². The van der Waals surface area contributed by atoms with Crippen molar-refractivity contribution in [2.24, 2.45) is 0 Å². The number of imidazole rings is 1. The molecule has 0 radical (unpaired) electrons. The standard InChI is InChI=1S/C25H24N4O3S/c1-28(2)24(31)17-8-10-18(11-9-17)26-23(30)16-33-25-27-21-6-4-5-7-22(21)29(25)19-12-14-20(32-3)15-13-19/h4-15H,16H2,1-3H3,(H,26,30). The summed E-state index contributed by atoms with van der Waals surface area (Å²) < 4.78 is 7.30. The number of carbonyl (C=O) groups excluding carboxylic acids is 2. The van der Waals surface area contributed by atoms with Gasteiger partial charge in [0, 0.05) is 31.0 Å². The van der Waals surface area contributed by atoms with Gasteiger partial charge in [-0.05, 0) is 60.7 Å². The lowest BCUT2D eigenvalue weighted by atomic mass is 10.2. The van der Waals surface area contributed by atoms with Crippen LogP contribution < -0.4 is 10.1 Å². The van der Waals surface area contributed by atoms with Gasteiger partial charge in [0.15, 0.2) is 5.16 Å². The van der Waals surface area contributed by atoms with Gasteiger partial charge in [-0.2, -0.15) is 0 Å². The number of rotatable bonds is 7. The molecule has 0 unspecified atom stereocenters. The number of benzene rings is 3. The summed E-state index contributed by atoms with van der Waals surface area (Å²) in [5.41, 5.74) is 3.97. The Bertz CT molecular complexity index is 1280. The van der Waals surface area contributed by atoms with Gasteiger partial charge >= 0.3 is 0 Å². The van der Waals surface area contributed by atoms with Crippen LogP contribution in [0.4, 0.5) is 5.69 Å². The first-order valence-corrected chi connectivity index (χ1v) is 11.3. The predicted molar refractivity (Wildman–Crippen MR) is 131 cm³/mol. The smallest absolute Gasteiger partial charge is 0.253 e. The van der Waals surface area contributed by atoms with E-state index in [1.165, 1.54) is 16.7 Å². The molecule has 4 rings (SSSR count). The fraction of sp³-hybridized carbons (Fsp3) is 0.160. The maximum absolute atomic E-state index is 12.6. The van der Waals surface area contributed by atoms with E-state index in [1.54, 1.807) is 45.5 Å². The summed E-state index contributed by atoms with van der Waals surface area (Å²) >= 11 is 1.36. The van der Waals surface area contributed by atoms with Crippen LogP contribution in [0.5, 0.6) is 5.75 Å². The summed E-state index contributed by atoms with van der Waals surface area (Å²) in [4.78, 5) is 30.9. The van der Waals surface area contributed by atoms with Crippen LogP contribution in [0.15, 0.2) is 78.0 Å². The lowest BCUT2D eigenvalue weighted by molar-refractivity contribution is -0.113. The maximum Gasteiger partial charge on any atom is 0.253 e. The van der Waals surface area contributed by atoms with Crippen LogP contribution in [0.25, 0.3) is 16.7 Å². The molecule has 3 aromatic carbocycles. The van der Waals surface area contributed by atoms with E-state index in [9.17, 15) is 9.59 Å². The minimum atomic E-state index is -0.153. The summed E-state index contributed by atoms with van der Waals surface area (Å²) in [5.74, 6) is 0.730. The highest BCUT2D eigenvalue weighted by Crippen LogP contribution is 2.29. The van der Waals surface area contributed by atoms with E-state index in [2.05, 4.69) is 5.32 Å². The number of para-hydroxylation sites is 2. The van der Waals surface area contributed by atoms with E-state index < -0.39 is 0 Å². The molecule has 0 saturated heterocycles. The molecule has 1 heterocycles. The number of fused-ring (bicyclic) bond motifs is 1. The molecule has 0 bridgehead atoms. The van der Waals surface area contributed by atoms with Crippen LogP contribution in [0.2, 0.25) is 0 Å². The molecule has 0 spiro atoms. The Morgan fingerprint density at radius 2 is 1.70 bits per heavy atom. The minimum absolute atomic E-state index is 0.0825. The average Bonchev–Trinajstić information content (AvgIpc) is 3.21. The Labute approximate surface area is 196 Å². The highest BCUT2D eigenvalue weighted by Gasteiger charge is 2.15. The van der Waals surface area contributed by atoms with Gasteiger partial charge in [0.2, 0.25) is 5.91 Å². The van der Waals surface area contributed by atoms with Gasteiger partial charge in [0.1, 0.15) is 5.75 Å². The van der Waals surface area contributed by atoms with E-state index in [1.807, 2.05) is 53.1 Å². The van der Waals surface area contributed by atoms with Gasteiger partial charge in [-0.25, -0.2) is 4.98 Å². The summed E-state index contributed by atoms with van der Waals surface area (Å²) in [6.07, 6.45) is 0. The van der Waals surface area contributed by atoms with Crippen LogP contribution in [0.1, 0.15) is 10.4 Å². The number of amides is 2. The lowest BCUT2D eigenvalue weighted by Gasteiger charge is -2.11. The normalized spacial score (nSPS) is 10.8. The number of hydrogen-bond donors (Lipinski definition) is 1. The highest BCUT2D eigenvalue weighted by atomic mass is 32.2. The zero-order valence-corrected chi connectivity index (χ0v) is 19.4. The molecule has 168 valence electrons. The molecule has 1 N–H and O–H groups in total. The van der Waals surface area contributed by atoms with E-state index in [0.717, 1.165) is 27.6 Å². The van der Waals surface area contributed by atoms with Crippen LogP contribution in [0.3, 0.4) is 0 Å². The Hall–Kier alpha value is -3.78. The van der Waals surface area contributed by atoms with Crippen molar-refractivity contribution in [2.45, 2.75) is 5.16 Å². The third kappa shape index (κ3) is 5.01. The van der Waals surface area contributed by atoms with Crippen LogP contribution >= 0.6 is 11.8 Å². The van der Waals surface area contributed by atoms with Crippen molar-refractivity contribution in [3.05, 3.63) is 78.4 Å². The van der Waals surface area contributed by atoms with Gasteiger partial charge in [0.05, 0.1) is 23.9 Å². The molecule has 2 amide bonds. The number of hydrogen-bond acceptors (Lipinski definition) is 5. The number of thioether (sulfide) groups is 1. The number of nitrogens with zero attached hydrogens (tertiary/aromatic N) is 3. The van der Waals surface area contributed by atoms with Crippen molar-refractivity contribution in [1.29, 1.82) is 0 Å². The molecule has 0 aliphatic heterocycles. The number of methoxy groups -OCH3 is 1. The van der Waals surface area contributed by atoms with Crippen LogP contribution in [-0.4, -0.2) is 53.2 Å². The SMILES string of the molecule is COc1ccc(-n2c(SCC(=O)Nc3ccc(C(=O)N(C)C)cc3)nc3ccccc32)cc1. The largest absolute Gasteiger partial charge is 0.497 e. The average molecular weight is 461 g/mol. The van der Waals surface area contributed by atoms with E-state index in [0.29, 0.717) is 11.3 Å². The molecule has 1 aromatic heterocycles. The van der Waals surface area contributed by atoms with Gasteiger partial charge in [-0.15, -0.1) is 0 Å². The molecule has 8 heteroatoms. The number of nitrogens with one attached hydrogen (secondary N) is 1. The quantitative estimate of drug-likeness (QED) is 0.412. The second-order valence-electron chi connectivity index (χ2n) is 7.53. The van der Waals surface area contributed by atoms with Crippen molar-refractivity contribution in [2.75, 3.05) is 32.3 Å². The first-order valence-electron chi connectivity index (χ1n) is 10.3. The summed E-state index contributed by atoms with van der Waals surface area (Å²) in [5, 5.41) is 3.60. The lowest BCUT2D eigenvalue weighted by Crippen LogP contribution is -2.21. The van der Waals surface area contributed by atoms with Gasteiger partial charge in [0.25, 0.3) is 5.91 Å². The molecular formula is C25H24N4O3S. The minimum Gasteiger partial charge on any atom is -0.497 e. The maximum atomic E-state index is 12.6. The van der Waals surface area contributed by atoms with Crippen molar-refractivity contribution in [3.63, 3.8) is 0 Å². The molecule has 0 aliphatic rings. The molecule has 0 aliphatic carbocycles. The van der Waals surface area contributed by atoms with E-state index in [-0.39, 0.29) is 17.6 Å². The first kappa shape index (κ1) is 22.4. The zero-order valence-electron chi connectivity index (χ0n) is 18.6. The molecule has 0 saturated carbocycles. The Morgan fingerprint density at radius 1 is 1.00 bits per heavy atom. The van der Waals surface area contributed by atoms with Gasteiger partial charge in [-0.1, -0.05) is 23.9 Å².